The average Bonchev–Trinajstić information content (AvgIpc) is 2.89. The van der Waals surface area contributed by atoms with Gasteiger partial charge in [-0.3, -0.25) is 4.90 Å². The van der Waals surface area contributed by atoms with Gasteiger partial charge in [0.1, 0.15) is 0 Å². The van der Waals surface area contributed by atoms with Gasteiger partial charge < -0.3 is 10.6 Å². The second-order valence-electron chi connectivity index (χ2n) is 7.40. The molecule has 3 atom stereocenters. The third kappa shape index (κ3) is 2.33. The van der Waals surface area contributed by atoms with Crippen molar-refractivity contribution in [3.63, 3.8) is 0 Å². The molecule has 0 radical (unpaired) electrons. The highest BCUT2D eigenvalue weighted by atomic mass is 15.3. The Kier molecular flexibility index (Phi) is 3.41. The molecular weight excluding hydrogens is 222 g/mol. The van der Waals surface area contributed by atoms with Crippen LogP contribution in [0.2, 0.25) is 0 Å². The van der Waals surface area contributed by atoms with E-state index in [0.29, 0.717) is 11.5 Å². The van der Waals surface area contributed by atoms with Crippen molar-refractivity contribution in [2.24, 2.45) is 17.1 Å². The summed E-state index contributed by atoms with van der Waals surface area (Å²) >= 11 is 0. The van der Waals surface area contributed by atoms with Crippen LogP contribution in [0.1, 0.15) is 39.5 Å². The number of hydrogen-bond acceptors (Lipinski definition) is 3. The van der Waals surface area contributed by atoms with Crippen LogP contribution in [0.3, 0.4) is 0 Å². The first-order valence-corrected chi connectivity index (χ1v) is 7.78. The van der Waals surface area contributed by atoms with Gasteiger partial charge in [0.15, 0.2) is 0 Å². The van der Waals surface area contributed by atoms with Gasteiger partial charge in [-0.25, -0.2) is 0 Å². The van der Waals surface area contributed by atoms with Crippen LogP contribution in [-0.2, 0) is 0 Å². The zero-order valence-electron chi connectivity index (χ0n) is 12.1. The van der Waals surface area contributed by atoms with E-state index < -0.39 is 0 Å². The van der Waals surface area contributed by atoms with Gasteiger partial charge >= 0.3 is 0 Å². The molecule has 0 spiro atoms. The SMILES string of the molecule is CC1(C)CCC(CN2CCN3CCCC3C2)C1N. The Hall–Kier alpha value is -0.120. The average molecular weight is 251 g/mol. The molecule has 2 saturated heterocycles. The van der Waals surface area contributed by atoms with E-state index in [1.165, 1.54) is 58.4 Å². The molecule has 3 unspecified atom stereocenters. The van der Waals surface area contributed by atoms with E-state index in [-0.39, 0.29) is 0 Å². The lowest BCUT2D eigenvalue weighted by Crippen LogP contribution is -2.52. The minimum absolute atomic E-state index is 0.361. The molecular formula is C15H29N3. The van der Waals surface area contributed by atoms with Crippen LogP contribution in [-0.4, -0.2) is 54.6 Å². The highest BCUT2D eigenvalue weighted by molar-refractivity contribution is 4.96. The smallest absolute Gasteiger partial charge is 0.0224 e. The predicted molar refractivity (Wildman–Crippen MR) is 75.5 cm³/mol. The predicted octanol–water partition coefficient (Wildman–Crippen LogP) is 1.53. The minimum atomic E-state index is 0.361. The highest BCUT2D eigenvalue weighted by Crippen LogP contribution is 2.40. The summed E-state index contributed by atoms with van der Waals surface area (Å²) in [6, 6.07) is 1.25. The van der Waals surface area contributed by atoms with Crippen LogP contribution >= 0.6 is 0 Å². The van der Waals surface area contributed by atoms with Gasteiger partial charge in [-0.15, -0.1) is 0 Å². The molecule has 104 valence electrons. The molecule has 3 rings (SSSR count). The molecule has 0 aromatic carbocycles. The fourth-order valence-electron chi connectivity index (χ4n) is 4.30. The van der Waals surface area contributed by atoms with Crippen molar-refractivity contribution in [1.29, 1.82) is 0 Å². The largest absolute Gasteiger partial charge is 0.327 e. The third-order valence-corrected chi connectivity index (χ3v) is 5.73. The Balaban J connectivity index is 1.54. The monoisotopic (exact) mass is 251 g/mol. The maximum Gasteiger partial charge on any atom is 0.0224 e. The van der Waals surface area contributed by atoms with Gasteiger partial charge in [-0.2, -0.15) is 0 Å². The second kappa shape index (κ2) is 4.77. The van der Waals surface area contributed by atoms with E-state index in [1.54, 1.807) is 0 Å². The van der Waals surface area contributed by atoms with Crippen LogP contribution in [0, 0.1) is 11.3 Å². The van der Waals surface area contributed by atoms with E-state index >= 15 is 0 Å². The number of fused-ring (bicyclic) bond motifs is 1. The summed E-state index contributed by atoms with van der Waals surface area (Å²) in [4.78, 5) is 5.38. The Morgan fingerprint density at radius 2 is 2.00 bits per heavy atom. The van der Waals surface area contributed by atoms with Crippen LogP contribution in [0.5, 0.6) is 0 Å². The first-order chi connectivity index (χ1) is 8.56. The van der Waals surface area contributed by atoms with Gasteiger partial charge in [0.25, 0.3) is 0 Å². The second-order valence-corrected chi connectivity index (χ2v) is 7.40. The number of hydrogen-bond donors (Lipinski definition) is 1. The van der Waals surface area contributed by atoms with Crippen molar-refractivity contribution in [1.82, 2.24) is 9.80 Å². The molecule has 18 heavy (non-hydrogen) atoms. The lowest BCUT2D eigenvalue weighted by molar-refractivity contribution is 0.0877. The Bertz CT molecular complexity index is 302. The van der Waals surface area contributed by atoms with Crippen molar-refractivity contribution in [2.45, 2.75) is 51.6 Å². The fraction of sp³-hybridized carbons (Fsp3) is 1.00. The van der Waals surface area contributed by atoms with Crippen LogP contribution < -0.4 is 5.73 Å². The van der Waals surface area contributed by atoms with Crippen molar-refractivity contribution in [2.75, 3.05) is 32.7 Å². The van der Waals surface area contributed by atoms with Crippen molar-refractivity contribution >= 4 is 0 Å². The third-order valence-electron chi connectivity index (χ3n) is 5.73. The summed E-state index contributed by atoms with van der Waals surface area (Å²) in [5.74, 6) is 0.730. The van der Waals surface area contributed by atoms with Crippen molar-refractivity contribution in [3.8, 4) is 0 Å². The molecule has 0 aromatic rings. The lowest BCUT2D eigenvalue weighted by Gasteiger charge is -2.39. The van der Waals surface area contributed by atoms with Gasteiger partial charge in [-0.1, -0.05) is 13.8 Å². The van der Waals surface area contributed by atoms with Crippen molar-refractivity contribution < 1.29 is 0 Å². The molecule has 1 aliphatic carbocycles. The van der Waals surface area contributed by atoms with Crippen LogP contribution in [0.25, 0.3) is 0 Å². The quantitative estimate of drug-likeness (QED) is 0.808. The summed E-state index contributed by atoms with van der Waals surface area (Å²) in [5, 5.41) is 0. The molecule has 3 aliphatic rings. The molecule has 0 aromatic heterocycles. The number of rotatable bonds is 2. The maximum atomic E-state index is 6.44. The minimum Gasteiger partial charge on any atom is -0.327 e. The zero-order valence-corrected chi connectivity index (χ0v) is 12.1. The summed E-state index contributed by atoms with van der Waals surface area (Å²) in [6.45, 7) is 11.1. The summed E-state index contributed by atoms with van der Waals surface area (Å²) < 4.78 is 0. The molecule has 1 saturated carbocycles. The lowest BCUT2D eigenvalue weighted by atomic mass is 9.85. The maximum absolute atomic E-state index is 6.44. The topological polar surface area (TPSA) is 32.5 Å². The van der Waals surface area contributed by atoms with Gasteiger partial charge in [0.2, 0.25) is 0 Å². The molecule has 0 bridgehead atoms. The molecule has 2 heterocycles. The number of nitrogens with two attached hydrogens (primary N) is 1. The first kappa shape index (κ1) is 12.9. The van der Waals surface area contributed by atoms with E-state index in [4.69, 9.17) is 5.73 Å². The highest BCUT2D eigenvalue weighted by Gasteiger charge is 2.41. The Labute approximate surface area is 112 Å². The van der Waals surface area contributed by atoms with Gasteiger partial charge in [0, 0.05) is 38.3 Å². The van der Waals surface area contributed by atoms with Crippen molar-refractivity contribution in [3.05, 3.63) is 0 Å². The first-order valence-electron chi connectivity index (χ1n) is 7.78. The zero-order chi connectivity index (χ0) is 12.8. The molecule has 3 heteroatoms. The van der Waals surface area contributed by atoms with E-state index in [0.717, 1.165) is 12.0 Å². The molecule has 3 fully saturated rings. The number of nitrogens with zero attached hydrogens (tertiary/aromatic N) is 2. The molecule has 3 nitrogen and oxygen atoms in total. The number of piperazine rings is 1. The van der Waals surface area contributed by atoms with E-state index in [2.05, 4.69) is 23.6 Å². The van der Waals surface area contributed by atoms with E-state index in [1.807, 2.05) is 0 Å². The van der Waals surface area contributed by atoms with Crippen LogP contribution in [0.15, 0.2) is 0 Å². The Morgan fingerprint density at radius 3 is 2.72 bits per heavy atom. The molecule has 0 amide bonds. The van der Waals surface area contributed by atoms with Gasteiger partial charge in [0.05, 0.1) is 0 Å². The van der Waals surface area contributed by atoms with E-state index in [9.17, 15) is 0 Å². The van der Waals surface area contributed by atoms with Gasteiger partial charge in [-0.05, 0) is 43.6 Å². The molecule has 2 aliphatic heterocycles. The summed E-state index contributed by atoms with van der Waals surface area (Å²) in [5.41, 5.74) is 6.80. The Morgan fingerprint density at radius 1 is 1.17 bits per heavy atom. The van der Waals surface area contributed by atoms with Crippen LogP contribution in [0.4, 0.5) is 0 Å². The molecule has 2 N–H and O–H groups in total. The summed E-state index contributed by atoms with van der Waals surface area (Å²) in [7, 11) is 0. The fourth-order valence-corrected chi connectivity index (χ4v) is 4.30. The standard InChI is InChI=1S/C15H29N3/c1-15(2)6-5-12(14(15)16)10-17-8-9-18-7-3-4-13(18)11-17/h12-14H,3-11,16H2,1-2H3. The normalized spacial score (nSPS) is 41.2. The summed E-state index contributed by atoms with van der Waals surface area (Å²) in [6.07, 6.45) is 5.47.